The Morgan fingerprint density at radius 1 is 0.700 bits per heavy atom. The van der Waals surface area contributed by atoms with Crippen molar-refractivity contribution in [3.63, 3.8) is 0 Å². The molecule has 0 spiro atoms. The number of benzene rings is 2. The van der Waals surface area contributed by atoms with Gasteiger partial charge in [0.15, 0.2) is 0 Å². The van der Waals surface area contributed by atoms with Crippen molar-refractivity contribution in [1.29, 1.82) is 0 Å². The Morgan fingerprint density at radius 2 is 1.00 bits per heavy atom. The van der Waals surface area contributed by atoms with E-state index in [1.54, 1.807) is 0 Å². The molecule has 0 saturated heterocycles. The second-order valence-electron chi connectivity index (χ2n) is 5.05. The van der Waals surface area contributed by atoms with E-state index in [1.807, 2.05) is 0 Å². The zero-order valence-corrected chi connectivity index (χ0v) is 17.9. The van der Waals surface area contributed by atoms with Crippen molar-refractivity contribution in [1.82, 2.24) is 0 Å². The molecule has 0 aliphatic heterocycles. The van der Waals surface area contributed by atoms with Crippen molar-refractivity contribution in [2.45, 2.75) is 37.5 Å². The van der Waals surface area contributed by atoms with Crippen molar-refractivity contribution in [2.75, 3.05) is 0 Å². The Balaban J connectivity index is 2.90. The molecular weight excluding hydrogens is 510 g/mol. The molecule has 0 N–H and O–H groups in total. The fraction of sp³-hybridized carbons (Fsp3) is 0.250. The molecule has 0 nitrogen and oxygen atoms in total. The molecule has 2 aromatic carbocycles. The standard InChI is InChI=1S/C16H16I2S2/c1-7-5-11(17)13(9(3)15(7)19)14-10(4)16(20)8(2)6-12(14)18/h5-6,19-20H,1-4H3. The van der Waals surface area contributed by atoms with Crippen molar-refractivity contribution < 1.29 is 0 Å². The summed E-state index contributed by atoms with van der Waals surface area (Å²) in [5.74, 6) is 0. The van der Waals surface area contributed by atoms with Crippen LogP contribution in [0.3, 0.4) is 0 Å². The van der Waals surface area contributed by atoms with Gasteiger partial charge < -0.3 is 0 Å². The smallest absolute Gasteiger partial charge is 0.0215 e. The topological polar surface area (TPSA) is 0 Å². The van der Waals surface area contributed by atoms with E-state index >= 15 is 0 Å². The monoisotopic (exact) mass is 526 g/mol. The van der Waals surface area contributed by atoms with Crippen LogP contribution >= 0.6 is 70.4 Å². The summed E-state index contributed by atoms with van der Waals surface area (Å²) in [6.45, 7) is 8.53. The van der Waals surface area contributed by atoms with E-state index < -0.39 is 0 Å². The first kappa shape index (κ1) is 17.0. The first-order valence-electron chi connectivity index (χ1n) is 6.23. The molecule has 106 valence electrons. The van der Waals surface area contributed by atoms with Gasteiger partial charge in [-0.25, -0.2) is 0 Å². The average molecular weight is 526 g/mol. The van der Waals surface area contributed by atoms with Crippen LogP contribution in [0, 0.1) is 34.8 Å². The Labute approximate surface area is 159 Å². The lowest BCUT2D eigenvalue weighted by Crippen LogP contribution is -1.99. The lowest BCUT2D eigenvalue weighted by molar-refractivity contribution is 1.18. The number of hydrogen-bond donors (Lipinski definition) is 2. The highest BCUT2D eigenvalue weighted by Gasteiger charge is 2.18. The van der Waals surface area contributed by atoms with Crippen LogP contribution < -0.4 is 0 Å². The summed E-state index contributed by atoms with van der Waals surface area (Å²) >= 11 is 14.2. The van der Waals surface area contributed by atoms with Crippen LogP contribution in [0.1, 0.15) is 22.3 Å². The first-order valence-corrected chi connectivity index (χ1v) is 9.28. The van der Waals surface area contributed by atoms with Gasteiger partial charge in [0, 0.05) is 28.1 Å². The minimum Gasteiger partial charge on any atom is -0.143 e. The van der Waals surface area contributed by atoms with Crippen molar-refractivity contribution in [3.8, 4) is 11.1 Å². The highest BCUT2D eigenvalue weighted by Crippen LogP contribution is 2.40. The maximum absolute atomic E-state index is 4.67. The number of halogens is 2. The van der Waals surface area contributed by atoms with Gasteiger partial charge >= 0.3 is 0 Å². The van der Waals surface area contributed by atoms with Crippen LogP contribution in [0.2, 0.25) is 0 Å². The van der Waals surface area contributed by atoms with Crippen molar-refractivity contribution in [2.24, 2.45) is 0 Å². The summed E-state index contributed by atoms with van der Waals surface area (Å²) in [5, 5.41) is 0. The second-order valence-corrected chi connectivity index (χ2v) is 8.27. The summed E-state index contributed by atoms with van der Waals surface area (Å²) in [5.41, 5.74) is 7.53. The SMILES string of the molecule is Cc1cc(I)c(-c2c(I)cc(C)c(S)c2C)c(C)c1S. The molecule has 2 aromatic rings. The van der Waals surface area contributed by atoms with Crippen LogP contribution in [0.4, 0.5) is 0 Å². The predicted molar refractivity (Wildman–Crippen MR) is 111 cm³/mol. The third-order valence-corrected chi connectivity index (χ3v) is 6.70. The highest BCUT2D eigenvalue weighted by molar-refractivity contribution is 14.1. The van der Waals surface area contributed by atoms with Gasteiger partial charge in [-0.05, 0) is 107 Å². The molecule has 0 amide bonds. The maximum atomic E-state index is 4.67. The van der Waals surface area contributed by atoms with Gasteiger partial charge in [0.05, 0.1) is 0 Å². The Bertz CT molecular complexity index is 645. The Kier molecular flexibility index (Phi) is 5.41. The summed E-state index contributed by atoms with van der Waals surface area (Å²) in [7, 11) is 0. The van der Waals surface area contributed by atoms with E-state index in [4.69, 9.17) is 0 Å². The van der Waals surface area contributed by atoms with E-state index in [-0.39, 0.29) is 0 Å². The highest BCUT2D eigenvalue weighted by atomic mass is 127. The fourth-order valence-electron chi connectivity index (χ4n) is 2.46. The van der Waals surface area contributed by atoms with Gasteiger partial charge in [-0.2, -0.15) is 0 Å². The van der Waals surface area contributed by atoms with Gasteiger partial charge in [-0.15, -0.1) is 25.3 Å². The van der Waals surface area contributed by atoms with E-state index in [0.29, 0.717) is 0 Å². The summed E-state index contributed by atoms with van der Waals surface area (Å²) < 4.78 is 2.54. The van der Waals surface area contributed by atoms with Crippen LogP contribution in [0.15, 0.2) is 21.9 Å². The molecule has 2 rings (SSSR count). The third kappa shape index (κ3) is 2.90. The van der Waals surface area contributed by atoms with Crippen LogP contribution in [0.5, 0.6) is 0 Å². The summed E-state index contributed by atoms with van der Waals surface area (Å²) in [4.78, 5) is 2.16. The molecule has 0 saturated carbocycles. The van der Waals surface area contributed by atoms with Crippen molar-refractivity contribution in [3.05, 3.63) is 41.5 Å². The fourth-order valence-corrected chi connectivity index (χ4v) is 5.10. The minimum absolute atomic E-state index is 1.08. The predicted octanol–water partition coefficient (Wildman–Crippen LogP) is 6.37. The molecule has 0 unspecified atom stereocenters. The quantitative estimate of drug-likeness (QED) is 0.313. The van der Waals surface area contributed by atoms with Gasteiger partial charge in [0.25, 0.3) is 0 Å². The minimum atomic E-state index is 1.08. The second kappa shape index (κ2) is 6.38. The lowest BCUT2D eigenvalue weighted by atomic mass is 9.94. The third-order valence-electron chi connectivity index (χ3n) is 3.62. The summed E-state index contributed by atoms with van der Waals surface area (Å²) in [6.07, 6.45) is 0. The van der Waals surface area contributed by atoms with E-state index in [1.165, 1.54) is 40.5 Å². The maximum Gasteiger partial charge on any atom is 0.0215 e. The number of aryl methyl sites for hydroxylation is 2. The van der Waals surface area contributed by atoms with E-state index in [9.17, 15) is 0 Å². The summed E-state index contributed by atoms with van der Waals surface area (Å²) in [6, 6.07) is 4.41. The molecule has 0 aliphatic carbocycles. The first-order chi connectivity index (χ1) is 9.25. The number of hydrogen-bond acceptors (Lipinski definition) is 2. The van der Waals surface area contributed by atoms with E-state index in [0.717, 1.165) is 9.79 Å². The lowest BCUT2D eigenvalue weighted by Gasteiger charge is -2.19. The van der Waals surface area contributed by atoms with Crippen molar-refractivity contribution >= 4 is 70.4 Å². The zero-order valence-electron chi connectivity index (χ0n) is 11.8. The molecule has 0 aliphatic rings. The van der Waals surface area contributed by atoms with Crippen LogP contribution in [0.25, 0.3) is 11.1 Å². The van der Waals surface area contributed by atoms with Gasteiger partial charge in [0.2, 0.25) is 0 Å². The van der Waals surface area contributed by atoms with E-state index in [2.05, 4.69) is 110 Å². The molecule has 20 heavy (non-hydrogen) atoms. The average Bonchev–Trinajstić information content (AvgIpc) is 2.37. The molecule has 0 fully saturated rings. The van der Waals surface area contributed by atoms with Gasteiger partial charge in [-0.3, -0.25) is 0 Å². The molecule has 0 atom stereocenters. The van der Waals surface area contributed by atoms with Crippen LogP contribution in [-0.2, 0) is 0 Å². The van der Waals surface area contributed by atoms with Gasteiger partial charge in [-0.1, -0.05) is 0 Å². The molecule has 0 bridgehead atoms. The zero-order chi connectivity index (χ0) is 15.2. The Morgan fingerprint density at radius 3 is 1.30 bits per heavy atom. The number of thiol groups is 2. The largest absolute Gasteiger partial charge is 0.143 e. The number of rotatable bonds is 1. The molecule has 4 heteroatoms. The molecule has 0 radical (unpaired) electrons. The van der Waals surface area contributed by atoms with Crippen LogP contribution in [-0.4, -0.2) is 0 Å². The normalized spacial score (nSPS) is 11.0. The Hall–Kier alpha value is 0.600. The van der Waals surface area contributed by atoms with Gasteiger partial charge in [0.1, 0.15) is 0 Å². The molecule has 0 heterocycles. The molecule has 0 aromatic heterocycles. The molecular formula is C16H16I2S2.